The number of methoxy groups -OCH3 is 1. The lowest BCUT2D eigenvalue weighted by Gasteiger charge is -2.21. The fourth-order valence-electron chi connectivity index (χ4n) is 3.30. The zero-order valence-electron chi connectivity index (χ0n) is 10.7. The highest BCUT2D eigenvalue weighted by Crippen LogP contribution is 2.58. The Kier molecular flexibility index (Phi) is 2.39. The molecule has 4 rings (SSSR count). The molecule has 0 aromatic carbocycles. The van der Waals surface area contributed by atoms with Gasteiger partial charge in [0.15, 0.2) is 5.78 Å². The third-order valence-corrected chi connectivity index (χ3v) is 5.60. The monoisotopic (exact) mass is 270 g/mol. The first-order valence-corrected chi connectivity index (χ1v) is 7.40. The first-order valence-electron chi connectivity index (χ1n) is 6.58. The Balaban J connectivity index is 1.74. The van der Waals surface area contributed by atoms with Crippen LogP contribution >= 0.6 is 11.8 Å². The molecule has 2 nitrogen and oxygen atoms in total. The van der Waals surface area contributed by atoms with Crippen molar-refractivity contribution >= 4 is 17.5 Å². The molecule has 0 aromatic heterocycles. The van der Waals surface area contributed by atoms with E-state index in [0.29, 0.717) is 5.92 Å². The first kappa shape index (κ1) is 11.4. The zero-order chi connectivity index (χ0) is 13.0. The van der Waals surface area contributed by atoms with Crippen LogP contribution in [0.3, 0.4) is 0 Å². The predicted octanol–water partition coefficient (Wildman–Crippen LogP) is 3.51. The number of ether oxygens (including phenoxy) is 1. The molecule has 0 spiro atoms. The van der Waals surface area contributed by atoms with Crippen molar-refractivity contribution in [1.82, 2.24) is 0 Å². The number of fused-ring (bicyclic) bond motifs is 4. The van der Waals surface area contributed by atoms with Crippen LogP contribution < -0.4 is 0 Å². The van der Waals surface area contributed by atoms with E-state index in [1.54, 1.807) is 18.9 Å². The molecule has 4 aliphatic rings. The molecule has 0 aromatic rings. The van der Waals surface area contributed by atoms with Gasteiger partial charge in [-0.2, -0.15) is 0 Å². The highest BCUT2D eigenvalue weighted by molar-refractivity contribution is 8.07. The molecule has 0 saturated carbocycles. The second-order valence-corrected chi connectivity index (χ2v) is 6.31. The van der Waals surface area contributed by atoms with Crippen molar-refractivity contribution in [3.63, 3.8) is 0 Å². The van der Waals surface area contributed by atoms with Gasteiger partial charge in [-0.3, -0.25) is 4.79 Å². The van der Waals surface area contributed by atoms with Gasteiger partial charge in [0.2, 0.25) is 0 Å². The van der Waals surface area contributed by atoms with Crippen LogP contribution in [0, 0.1) is 11.8 Å². The van der Waals surface area contributed by atoms with Gasteiger partial charge in [-0.25, -0.2) is 0 Å². The molecule has 19 heavy (non-hydrogen) atoms. The van der Waals surface area contributed by atoms with Crippen molar-refractivity contribution in [2.75, 3.05) is 7.11 Å². The van der Waals surface area contributed by atoms with Crippen molar-refractivity contribution in [3.8, 4) is 0 Å². The molecule has 0 bridgehead atoms. The van der Waals surface area contributed by atoms with Gasteiger partial charge in [-0.1, -0.05) is 30.0 Å². The summed E-state index contributed by atoms with van der Waals surface area (Å²) in [6, 6.07) is 0. The highest BCUT2D eigenvalue weighted by atomic mass is 32.2. The molecule has 0 radical (unpaired) electrons. The topological polar surface area (TPSA) is 26.3 Å². The van der Waals surface area contributed by atoms with E-state index in [0.717, 1.165) is 29.7 Å². The maximum Gasteiger partial charge on any atom is 0.187 e. The number of hydrogen-bond donors (Lipinski definition) is 0. The van der Waals surface area contributed by atoms with E-state index < -0.39 is 0 Å². The van der Waals surface area contributed by atoms with Gasteiger partial charge in [0.1, 0.15) is 5.76 Å². The van der Waals surface area contributed by atoms with E-state index in [1.807, 2.05) is 12.2 Å². The van der Waals surface area contributed by atoms with Crippen LogP contribution in [-0.4, -0.2) is 12.9 Å². The minimum Gasteiger partial charge on any atom is -0.497 e. The molecule has 3 aliphatic carbocycles. The summed E-state index contributed by atoms with van der Waals surface area (Å²) < 4.78 is 5.30. The van der Waals surface area contributed by atoms with Crippen LogP contribution in [0.25, 0.3) is 0 Å². The van der Waals surface area contributed by atoms with Gasteiger partial charge in [-0.05, 0) is 25.0 Å². The standard InChI is InChI=1S/C16H14O2S/c1-18-9-6-7-12-13(8-9)19-16-11-5-3-2-4-10(11)15(17)14(12)16/h2-4,6,8,11-12H,5,7H2,1H3. The Bertz CT molecular complexity index is 631. The van der Waals surface area contributed by atoms with Crippen molar-refractivity contribution < 1.29 is 9.53 Å². The predicted molar refractivity (Wildman–Crippen MR) is 76.2 cm³/mol. The molecule has 2 unspecified atom stereocenters. The second kappa shape index (κ2) is 4.01. The third kappa shape index (κ3) is 1.48. The maximum absolute atomic E-state index is 12.6. The number of thioether (sulfide) groups is 1. The minimum atomic E-state index is 0.276. The summed E-state index contributed by atoms with van der Waals surface area (Å²) in [5, 5.41) is 0. The average Bonchev–Trinajstić information content (AvgIpc) is 2.95. The van der Waals surface area contributed by atoms with Crippen LogP contribution in [0.5, 0.6) is 0 Å². The van der Waals surface area contributed by atoms with Gasteiger partial charge in [0.05, 0.1) is 7.11 Å². The summed E-state index contributed by atoms with van der Waals surface area (Å²) >= 11 is 1.80. The quantitative estimate of drug-likeness (QED) is 0.729. The Hall–Kier alpha value is -1.48. The summed E-state index contributed by atoms with van der Waals surface area (Å²) in [4.78, 5) is 15.2. The van der Waals surface area contributed by atoms with E-state index in [4.69, 9.17) is 4.74 Å². The first-order chi connectivity index (χ1) is 9.29. The number of carbonyl (C=O) groups is 1. The Labute approximate surface area is 116 Å². The SMILES string of the molecule is COC1=CCC2C(=C1)SC1=C2C(=O)C2=CC=CCC21. The molecule has 1 heterocycles. The van der Waals surface area contributed by atoms with Crippen LogP contribution in [-0.2, 0) is 9.53 Å². The highest BCUT2D eigenvalue weighted by Gasteiger charge is 2.46. The summed E-state index contributed by atoms with van der Waals surface area (Å²) in [7, 11) is 1.70. The van der Waals surface area contributed by atoms with Crippen LogP contribution in [0.2, 0.25) is 0 Å². The van der Waals surface area contributed by atoms with Crippen LogP contribution in [0.1, 0.15) is 12.8 Å². The largest absolute Gasteiger partial charge is 0.497 e. The second-order valence-electron chi connectivity index (χ2n) is 5.19. The summed E-state index contributed by atoms with van der Waals surface area (Å²) in [5.41, 5.74) is 2.06. The molecule has 0 saturated heterocycles. The summed E-state index contributed by atoms with van der Waals surface area (Å²) in [6.45, 7) is 0. The normalized spacial score (nSPS) is 31.4. The van der Waals surface area contributed by atoms with Crippen molar-refractivity contribution in [1.29, 1.82) is 0 Å². The fourth-order valence-corrected chi connectivity index (χ4v) is 4.80. The minimum absolute atomic E-state index is 0.276. The number of carbonyl (C=O) groups excluding carboxylic acids is 1. The van der Waals surface area contributed by atoms with Crippen molar-refractivity contribution in [2.45, 2.75) is 12.8 Å². The molecular formula is C16H14O2S. The lowest BCUT2D eigenvalue weighted by Crippen LogP contribution is -2.14. The molecule has 96 valence electrons. The lowest BCUT2D eigenvalue weighted by atomic mass is 9.89. The van der Waals surface area contributed by atoms with Crippen LogP contribution in [0.4, 0.5) is 0 Å². The molecule has 1 aliphatic heterocycles. The molecular weight excluding hydrogens is 256 g/mol. The van der Waals surface area contributed by atoms with E-state index in [1.165, 1.54) is 9.81 Å². The Morgan fingerprint density at radius 2 is 2.21 bits per heavy atom. The Morgan fingerprint density at radius 1 is 1.32 bits per heavy atom. The van der Waals surface area contributed by atoms with Gasteiger partial charge < -0.3 is 4.74 Å². The third-order valence-electron chi connectivity index (χ3n) is 4.24. The van der Waals surface area contributed by atoms with Gasteiger partial charge >= 0.3 is 0 Å². The van der Waals surface area contributed by atoms with Crippen LogP contribution in [0.15, 0.2) is 57.1 Å². The molecule has 2 atom stereocenters. The fraction of sp³-hybridized carbons (Fsp3) is 0.312. The smallest absolute Gasteiger partial charge is 0.187 e. The Morgan fingerprint density at radius 3 is 3.05 bits per heavy atom. The summed E-state index contributed by atoms with van der Waals surface area (Å²) in [5.74, 6) is 1.79. The van der Waals surface area contributed by atoms with Gasteiger partial charge in [0.25, 0.3) is 0 Å². The summed E-state index contributed by atoms with van der Waals surface area (Å²) in [6.07, 6.45) is 12.2. The molecule has 0 fully saturated rings. The zero-order valence-corrected chi connectivity index (χ0v) is 11.5. The maximum atomic E-state index is 12.6. The van der Waals surface area contributed by atoms with Crippen molar-refractivity contribution in [3.05, 3.63) is 57.1 Å². The van der Waals surface area contributed by atoms with E-state index in [9.17, 15) is 4.79 Å². The number of allylic oxidation sites excluding steroid dienone is 9. The molecule has 0 amide bonds. The number of ketones is 1. The van der Waals surface area contributed by atoms with E-state index in [-0.39, 0.29) is 11.7 Å². The molecule has 0 N–H and O–H groups in total. The number of Topliss-reactive ketones (excluding diaryl/α,β-unsaturated/α-hetero) is 1. The van der Waals surface area contributed by atoms with E-state index in [2.05, 4.69) is 18.2 Å². The molecule has 3 heteroatoms. The van der Waals surface area contributed by atoms with Gasteiger partial charge in [0, 0.05) is 32.8 Å². The number of hydrogen-bond acceptors (Lipinski definition) is 3. The average molecular weight is 270 g/mol. The van der Waals surface area contributed by atoms with Crippen molar-refractivity contribution in [2.24, 2.45) is 11.8 Å². The van der Waals surface area contributed by atoms with E-state index >= 15 is 0 Å². The number of rotatable bonds is 1. The lowest BCUT2D eigenvalue weighted by molar-refractivity contribution is -0.112. The van der Waals surface area contributed by atoms with Gasteiger partial charge in [-0.15, -0.1) is 0 Å².